The van der Waals surface area contributed by atoms with Gasteiger partial charge in [0.2, 0.25) is 5.91 Å². The van der Waals surface area contributed by atoms with Crippen LogP contribution in [0.3, 0.4) is 0 Å². The number of ether oxygens (including phenoxy) is 1. The maximum absolute atomic E-state index is 13.3. The minimum atomic E-state index is -0.495. The third-order valence-corrected chi connectivity index (χ3v) is 6.13. The van der Waals surface area contributed by atoms with Gasteiger partial charge in [-0.3, -0.25) is 35.1 Å². The molecule has 1 heterocycles. The number of fused-ring (bicyclic) bond motifs is 1. The maximum Gasteiger partial charge on any atom is 0.269 e. The molecule has 0 aliphatic heterocycles. The lowest BCUT2D eigenvalue weighted by Crippen LogP contribution is -2.37. The van der Waals surface area contributed by atoms with Gasteiger partial charge in [-0.2, -0.15) is 0 Å². The van der Waals surface area contributed by atoms with Gasteiger partial charge in [0, 0.05) is 12.1 Å². The highest BCUT2D eigenvalue weighted by molar-refractivity contribution is 7.99. The Kier molecular flexibility index (Phi) is 7.31. The van der Waals surface area contributed by atoms with Crippen LogP contribution in [-0.4, -0.2) is 33.2 Å². The number of hydrogen-bond acceptors (Lipinski definition) is 8. The van der Waals surface area contributed by atoms with Crippen LogP contribution in [0.15, 0.2) is 89.3 Å². The van der Waals surface area contributed by atoms with Gasteiger partial charge in [0.1, 0.15) is 5.75 Å². The van der Waals surface area contributed by atoms with Gasteiger partial charge in [0.25, 0.3) is 11.2 Å². The largest absolute Gasteiger partial charge is 0.497 e. The first-order valence-electron chi connectivity index (χ1n) is 10.6. The lowest BCUT2D eigenvalue weighted by molar-refractivity contribution is -0.384. The molecule has 3 aromatic carbocycles. The predicted octanol–water partition coefficient (Wildman–Crippen LogP) is 3.69. The lowest BCUT2D eigenvalue weighted by Gasteiger charge is -2.14. The molecule has 4 rings (SSSR count). The number of carbonyl (C=O) groups is 1. The van der Waals surface area contributed by atoms with Crippen molar-refractivity contribution in [1.82, 2.24) is 20.4 Å². The van der Waals surface area contributed by atoms with Crippen LogP contribution in [0.5, 0.6) is 5.75 Å². The zero-order chi connectivity index (χ0) is 25.7. The van der Waals surface area contributed by atoms with Crippen molar-refractivity contribution >= 4 is 40.0 Å². The number of amides is 1. The number of non-ortho nitro benzene ring substituents is 1. The lowest BCUT2D eigenvalue weighted by atomic mass is 10.1. The molecule has 4 aromatic rings. The molecule has 0 unspecified atom stereocenters. The highest BCUT2D eigenvalue weighted by atomic mass is 32.2. The molecule has 2 N–H and O–H groups in total. The van der Waals surface area contributed by atoms with Crippen molar-refractivity contribution in [3.05, 3.63) is 105 Å². The zero-order valence-electron chi connectivity index (χ0n) is 19.1. The second-order valence-corrected chi connectivity index (χ2v) is 8.44. The van der Waals surface area contributed by atoms with Crippen molar-refractivity contribution in [3.8, 4) is 11.4 Å². The van der Waals surface area contributed by atoms with E-state index in [-0.39, 0.29) is 22.9 Å². The number of carbonyl (C=O) groups excluding carboxylic acids is 1. The minimum Gasteiger partial charge on any atom is -0.497 e. The molecule has 0 atom stereocenters. The van der Waals surface area contributed by atoms with Crippen molar-refractivity contribution in [1.29, 1.82) is 0 Å². The van der Waals surface area contributed by atoms with E-state index in [9.17, 15) is 19.7 Å². The van der Waals surface area contributed by atoms with Crippen LogP contribution >= 0.6 is 11.8 Å². The highest BCUT2D eigenvalue weighted by Crippen LogP contribution is 2.23. The molecule has 1 aromatic heterocycles. The van der Waals surface area contributed by atoms with Crippen LogP contribution in [0.4, 0.5) is 5.69 Å². The van der Waals surface area contributed by atoms with E-state index in [4.69, 9.17) is 4.74 Å². The maximum atomic E-state index is 13.3. The Labute approximate surface area is 209 Å². The molecule has 0 bridgehead atoms. The summed E-state index contributed by atoms with van der Waals surface area (Å²) in [5, 5.41) is 11.6. The van der Waals surface area contributed by atoms with Gasteiger partial charge >= 0.3 is 0 Å². The number of aromatic nitrogens is 2. The summed E-state index contributed by atoms with van der Waals surface area (Å²) >= 11 is 1.11. The van der Waals surface area contributed by atoms with Crippen LogP contribution in [-0.2, 0) is 4.79 Å². The zero-order valence-corrected chi connectivity index (χ0v) is 20.0. The Hall–Kier alpha value is -4.64. The number of nitrogens with zero attached hydrogens (tertiary/aromatic N) is 3. The summed E-state index contributed by atoms with van der Waals surface area (Å²) in [7, 11) is 1.56. The van der Waals surface area contributed by atoms with E-state index in [2.05, 4.69) is 22.4 Å². The third kappa shape index (κ3) is 5.36. The Balaban J connectivity index is 1.50. The molecule has 0 saturated heterocycles. The van der Waals surface area contributed by atoms with Gasteiger partial charge in [0.05, 0.1) is 40.1 Å². The minimum absolute atomic E-state index is 0.0402. The number of methoxy groups -OCH3 is 1. The normalized spacial score (nSPS) is 10.6. The van der Waals surface area contributed by atoms with E-state index in [1.54, 1.807) is 55.6 Å². The summed E-state index contributed by atoms with van der Waals surface area (Å²) in [5.74, 6) is 0.224. The summed E-state index contributed by atoms with van der Waals surface area (Å²) < 4.78 is 6.67. The van der Waals surface area contributed by atoms with Crippen LogP contribution in [0, 0.1) is 10.1 Å². The first-order chi connectivity index (χ1) is 17.4. The van der Waals surface area contributed by atoms with E-state index in [1.807, 2.05) is 0 Å². The van der Waals surface area contributed by atoms with Crippen molar-refractivity contribution in [2.45, 2.75) is 5.16 Å². The van der Waals surface area contributed by atoms with E-state index in [0.29, 0.717) is 38.8 Å². The fourth-order valence-electron chi connectivity index (χ4n) is 3.34. The SMILES string of the molecule is C=C(NNC(=O)CSc1nc2ccccc2c(=O)n1-c1ccc(OC)cc1)c1ccc([N+](=O)[O-])cc1. The molecule has 0 aliphatic carbocycles. The Morgan fingerprint density at radius 1 is 1.08 bits per heavy atom. The average molecular weight is 504 g/mol. The number of para-hydroxylation sites is 1. The Morgan fingerprint density at radius 2 is 1.78 bits per heavy atom. The molecule has 0 spiro atoms. The summed E-state index contributed by atoms with van der Waals surface area (Å²) in [4.78, 5) is 40.7. The van der Waals surface area contributed by atoms with Gasteiger partial charge in [-0.25, -0.2) is 4.98 Å². The van der Waals surface area contributed by atoms with Crippen LogP contribution in [0.25, 0.3) is 22.3 Å². The quantitative estimate of drug-likeness (QED) is 0.153. The molecule has 36 heavy (non-hydrogen) atoms. The van der Waals surface area contributed by atoms with Gasteiger partial charge in [-0.05, 0) is 54.1 Å². The fourth-order valence-corrected chi connectivity index (χ4v) is 4.15. The molecule has 0 fully saturated rings. The average Bonchev–Trinajstić information content (AvgIpc) is 2.90. The number of thioether (sulfide) groups is 1. The number of nitrogens with one attached hydrogen (secondary N) is 2. The number of nitro benzene ring substituents is 1. The van der Waals surface area contributed by atoms with E-state index < -0.39 is 4.92 Å². The van der Waals surface area contributed by atoms with Crippen LogP contribution in [0.1, 0.15) is 5.56 Å². The number of benzene rings is 3. The van der Waals surface area contributed by atoms with Crippen LogP contribution < -0.4 is 21.1 Å². The van der Waals surface area contributed by atoms with Gasteiger partial charge in [0.15, 0.2) is 5.16 Å². The van der Waals surface area contributed by atoms with Gasteiger partial charge in [-0.15, -0.1) is 0 Å². The first kappa shape index (κ1) is 24.5. The van der Waals surface area contributed by atoms with Crippen molar-refractivity contribution < 1.29 is 14.5 Å². The van der Waals surface area contributed by atoms with Crippen LogP contribution in [0.2, 0.25) is 0 Å². The van der Waals surface area contributed by atoms with Gasteiger partial charge in [-0.1, -0.05) is 30.5 Å². The van der Waals surface area contributed by atoms with E-state index >= 15 is 0 Å². The summed E-state index contributed by atoms with van der Waals surface area (Å²) in [5.41, 5.74) is 7.01. The molecule has 182 valence electrons. The molecule has 10 nitrogen and oxygen atoms in total. The molecule has 11 heteroatoms. The first-order valence-corrected chi connectivity index (χ1v) is 11.6. The summed E-state index contributed by atoms with van der Waals surface area (Å²) in [6, 6.07) is 19.8. The van der Waals surface area contributed by atoms with Gasteiger partial charge < -0.3 is 4.74 Å². The molecule has 0 saturated carbocycles. The molecular formula is C25H21N5O5S. The molecular weight excluding hydrogens is 482 g/mol. The predicted molar refractivity (Wildman–Crippen MR) is 138 cm³/mol. The highest BCUT2D eigenvalue weighted by Gasteiger charge is 2.15. The fraction of sp³-hybridized carbons (Fsp3) is 0.0800. The smallest absolute Gasteiger partial charge is 0.269 e. The molecule has 1 amide bonds. The Morgan fingerprint density at radius 3 is 2.44 bits per heavy atom. The summed E-state index contributed by atoms with van der Waals surface area (Å²) in [6.07, 6.45) is 0. The molecule has 0 aliphatic rings. The number of nitro groups is 1. The van der Waals surface area contributed by atoms with Crippen molar-refractivity contribution in [2.75, 3.05) is 12.9 Å². The topological polar surface area (TPSA) is 128 Å². The second kappa shape index (κ2) is 10.7. The second-order valence-electron chi connectivity index (χ2n) is 7.49. The van der Waals surface area contributed by atoms with E-state index in [0.717, 1.165) is 11.8 Å². The Bertz CT molecular complexity index is 1500. The standard InChI is InChI=1S/C25H21N5O5S/c1-16(17-7-9-19(10-8-17)30(33)34)27-28-23(31)15-36-25-26-22-6-4-3-5-21(22)24(32)29(25)18-11-13-20(35-2)14-12-18/h3-14,27H,1,15H2,2H3,(H,28,31). The number of hydrazine groups is 1. The van der Waals surface area contributed by atoms with Crippen molar-refractivity contribution in [2.24, 2.45) is 0 Å². The molecule has 0 radical (unpaired) electrons. The number of rotatable bonds is 9. The summed E-state index contributed by atoms with van der Waals surface area (Å²) in [6.45, 7) is 3.83. The third-order valence-electron chi connectivity index (χ3n) is 5.19. The van der Waals surface area contributed by atoms with E-state index in [1.165, 1.54) is 28.8 Å². The monoisotopic (exact) mass is 503 g/mol. The van der Waals surface area contributed by atoms with Crippen molar-refractivity contribution in [3.63, 3.8) is 0 Å². The number of hydrogen-bond donors (Lipinski definition) is 2.